The van der Waals surface area contributed by atoms with Crippen LogP contribution in [-0.2, 0) is 24.3 Å². The number of hydrogen-bond acceptors (Lipinski definition) is 3. The zero-order valence-electron chi connectivity index (χ0n) is 17.7. The van der Waals surface area contributed by atoms with Gasteiger partial charge >= 0.3 is 0 Å². The first-order valence-electron chi connectivity index (χ1n) is 10.9. The molecule has 1 N–H and O–H groups in total. The highest BCUT2D eigenvalue weighted by Gasteiger charge is 2.24. The Morgan fingerprint density at radius 3 is 2.53 bits per heavy atom. The predicted molar refractivity (Wildman–Crippen MR) is 124 cm³/mol. The van der Waals surface area contributed by atoms with Gasteiger partial charge in [-0.2, -0.15) is 0 Å². The molecule has 0 radical (unpaired) electrons. The van der Waals surface area contributed by atoms with Crippen molar-refractivity contribution in [1.82, 2.24) is 14.9 Å². The van der Waals surface area contributed by atoms with Crippen molar-refractivity contribution in [3.63, 3.8) is 0 Å². The van der Waals surface area contributed by atoms with E-state index in [1.165, 1.54) is 5.56 Å². The van der Waals surface area contributed by atoms with Gasteiger partial charge in [-0.05, 0) is 48.7 Å². The van der Waals surface area contributed by atoms with E-state index in [1.54, 1.807) is 12.1 Å². The largest absolute Gasteiger partial charge is 0.345 e. The highest BCUT2D eigenvalue weighted by Crippen LogP contribution is 2.27. The summed E-state index contributed by atoms with van der Waals surface area (Å²) < 4.78 is 1.92. The molecule has 0 spiro atoms. The van der Waals surface area contributed by atoms with Crippen molar-refractivity contribution < 1.29 is 9.59 Å². The van der Waals surface area contributed by atoms with Gasteiger partial charge in [0.15, 0.2) is 0 Å². The number of imidazole rings is 1. The molecule has 1 aromatic heterocycles. The number of nitrogens with zero attached hydrogens (tertiary/aromatic N) is 3. The van der Waals surface area contributed by atoms with Crippen LogP contribution in [0.15, 0.2) is 78.9 Å². The zero-order valence-corrected chi connectivity index (χ0v) is 17.7. The minimum atomic E-state index is -0.166. The molecule has 1 aliphatic rings. The van der Waals surface area contributed by atoms with E-state index in [1.807, 2.05) is 70.1 Å². The third-order valence-corrected chi connectivity index (χ3v) is 5.88. The van der Waals surface area contributed by atoms with E-state index in [0.717, 1.165) is 29.6 Å². The highest BCUT2D eigenvalue weighted by molar-refractivity contribution is 5.95. The van der Waals surface area contributed by atoms with Crippen LogP contribution >= 0.6 is 0 Å². The van der Waals surface area contributed by atoms with Crippen LogP contribution in [0, 0.1) is 0 Å². The summed E-state index contributed by atoms with van der Waals surface area (Å²) in [5, 5.41) is 2.94. The Morgan fingerprint density at radius 2 is 1.66 bits per heavy atom. The van der Waals surface area contributed by atoms with Gasteiger partial charge in [-0.3, -0.25) is 9.59 Å². The van der Waals surface area contributed by atoms with Crippen LogP contribution < -0.4 is 10.2 Å². The number of carbonyl (C=O) groups excluding carboxylic acids is 2. The van der Waals surface area contributed by atoms with Crippen LogP contribution in [-0.4, -0.2) is 27.9 Å². The first-order chi connectivity index (χ1) is 15.7. The molecule has 2 heterocycles. The van der Waals surface area contributed by atoms with Crippen LogP contribution in [0.2, 0.25) is 0 Å². The first kappa shape index (κ1) is 20.0. The molecule has 160 valence electrons. The van der Waals surface area contributed by atoms with E-state index in [2.05, 4.69) is 11.4 Å². The van der Waals surface area contributed by atoms with E-state index < -0.39 is 0 Å². The molecule has 0 atom stereocenters. The van der Waals surface area contributed by atoms with Crippen molar-refractivity contribution in [2.45, 2.75) is 25.9 Å². The number of carbonyl (C=O) groups is 2. The normalized spacial score (nSPS) is 13.1. The Kier molecular flexibility index (Phi) is 5.42. The number of aryl methyl sites for hydroxylation is 1. The molecule has 0 saturated carbocycles. The van der Waals surface area contributed by atoms with E-state index >= 15 is 0 Å². The van der Waals surface area contributed by atoms with Crippen LogP contribution in [0.5, 0.6) is 0 Å². The average molecular weight is 425 g/mol. The van der Waals surface area contributed by atoms with Gasteiger partial charge in [0.05, 0.1) is 17.6 Å². The van der Waals surface area contributed by atoms with Crippen molar-refractivity contribution in [3.05, 3.63) is 95.8 Å². The molecule has 2 amide bonds. The molecule has 0 unspecified atom stereocenters. The fourth-order valence-electron chi connectivity index (χ4n) is 4.30. The second-order valence-electron chi connectivity index (χ2n) is 7.93. The third-order valence-electron chi connectivity index (χ3n) is 5.88. The topological polar surface area (TPSA) is 67.2 Å². The molecule has 0 fully saturated rings. The molecule has 3 aromatic carbocycles. The van der Waals surface area contributed by atoms with Crippen molar-refractivity contribution in [1.29, 1.82) is 0 Å². The first-order valence-corrected chi connectivity index (χ1v) is 10.9. The maximum Gasteiger partial charge on any atom is 0.251 e. The van der Waals surface area contributed by atoms with Crippen molar-refractivity contribution in [2.24, 2.45) is 0 Å². The lowest BCUT2D eigenvalue weighted by Crippen LogP contribution is -2.38. The zero-order chi connectivity index (χ0) is 21.9. The number of nitrogens with one attached hydrogen (secondary N) is 1. The second kappa shape index (κ2) is 8.67. The van der Waals surface area contributed by atoms with Gasteiger partial charge in [-0.1, -0.05) is 48.5 Å². The average Bonchev–Trinajstić information content (AvgIpc) is 3.20. The number of hydrogen-bond donors (Lipinski definition) is 1. The SMILES string of the molecule is O=C(NCc1nc2ccccc2n1CC(=O)N1CCCc2ccccc21)c1ccccc1. The number of fused-ring (bicyclic) bond motifs is 2. The number of benzene rings is 3. The Hall–Kier alpha value is -3.93. The lowest BCUT2D eigenvalue weighted by Gasteiger charge is -2.29. The molecule has 5 rings (SSSR count). The van der Waals surface area contributed by atoms with Crippen LogP contribution in [0.25, 0.3) is 11.0 Å². The Bertz CT molecular complexity index is 1280. The Balaban J connectivity index is 1.41. The minimum absolute atomic E-state index is 0.0240. The fraction of sp³-hybridized carbons (Fsp3) is 0.192. The number of aromatic nitrogens is 2. The summed E-state index contributed by atoms with van der Waals surface area (Å²) in [7, 11) is 0. The van der Waals surface area contributed by atoms with Gasteiger partial charge in [0.1, 0.15) is 12.4 Å². The summed E-state index contributed by atoms with van der Waals surface area (Å²) in [6.45, 7) is 1.13. The molecule has 0 saturated heterocycles. The van der Waals surface area contributed by atoms with Gasteiger partial charge in [0.2, 0.25) is 5.91 Å². The lowest BCUT2D eigenvalue weighted by molar-refractivity contribution is -0.119. The summed E-state index contributed by atoms with van der Waals surface area (Å²) >= 11 is 0. The molecule has 1 aliphatic heterocycles. The van der Waals surface area contributed by atoms with E-state index in [9.17, 15) is 9.59 Å². The van der Waals surface area contributed by atoms with Crippen molar-refractivity contribution >= 4 is 28.5 Å². The summed E-state index contributed by atoms with van der Waals surface area (Å²) in [5.41, 5.74) is 4.49. The summed E-state index contributed by atoms with van der Waals surface area (Å²) in [4.78, 5) is 32.5. The predicted octanol–water partition coefficient (Wildman–Crippen LogP) is 3.95. The number of para-hydroxylation sites is 3. The maximum atomic E-state index is 13.4. The smallest absolute Gasteiger partial charge is 0.251 e. The monoisotopic (exact) mass is 424 g/mol. The van der Waals surface area contributed by atoms with Gasteiger partial charge in [-0.25, -0.2) is 4.98 Å². The van der Waals surface area contributed by atoms with Crippen molar-refractivity contribution in [3.8, 4) is 0 Å². The highest BCUT2D eigenvalue weighted by atomic mass is 16.2. The van der Waals surface area contributed by atoms with Gasteiger partial charge in [0, 0.05) is 17.8 Å². The van der Waals surface area contributed by atoms with E-state index in [-0.39, 0.29) is 24.9 Å². The summed E-state index contributed by atoms with van der Waals surface area (Å²) in [6, 6.07) is 24.9. The second-order valence-corrected chi connectivity index (χ2v) is 7.93. The quantitative estimate of drug-likeness (QED) is 0.528. The molecule has 0 bridgehead atoms. The van der Waals surface area contributed by atoms with Gasteiger partial charge in [-0.15, -0.1) is 0 Å². The van der Waals surface area contributed by atoms with E-state index in [4.69, 9.17) is 4.98 Å². The summed E-state index contributed by atoms with van der Waals surface area (Å²) in [5.74, 6) is 0.519. The minimum Gasteiger partial charge on any atom is -0.345 e. The lowest BCUT2D eigenvalue weighted by atomic mass is 10.0. The van der Waals surface area contributed by atoms with Crippen LogP contribution in [0.3, 0.4) is 0 Å². The molecule has 4 aromatic rings. The van der Waals surface area contributed by atoms with Gasteiger partial charge in [0.25, 0.3) is 5.91 Å². The van der Waals surface area contributed by atoms with Crippen molar-refractivity contribution in [2.75, 3.05) is 11.4 Å². The maximum absolute atomic E-state index is 13.4. The third kappa shape index (κ3) is 3.87. The summed E-state index contributed by atoms with van der Waals surface area (Å²) in [6.07, 6.45) is 1.94. The molecular formula is C26H24N4O2. The molecular weight excluding hydrogens is 400 g/mol. The Morgan fingerprint density at radius 1 is 0.906 bits per heavy atom. The standard InChI is InChI=1S/C26H24N4O2/c31-25(29-16-8-12-19-9-4-6-14-22(19)29)18-30-23-15-7-5-13-21(23)28-24(30)17-27-26(32)20-10-2-1-3-11-20/h1-7,9-11,13-15H,8,12,16-18H2,(H,27,32). The van der Waals surface area contributed by atoms with E-state index in [0.29, 0.717) is 17.9 Å². The molecule has 6 nitrogen and oxygen atoms in total. The van der Waals surface area contributed by atoms with Gasteiger partial charge < -0.3 is 14.8 Å². The number of rotatable bonds is 5. The Labute approximate surface area is 186 Å². The van der Waals surface area contributed by atoms with Crippen LogP contribution in [0.1, 0.15) is 28.2 Å². The number of anilines is 1. The molecule has 32 heavy (non-hydrogen) atoms. The van der Waals surface area contributed by atoms with Crippen LogP contribution in [0.4, 0.5) is 5.69 Å². The molecule has 0 aliphatic carbocycles. The molecule has 6 heteroatoms. The number of amides is 2. The fourth-order valence-corrected chi connectivity index (χ4v) is 4.30.